The molecular formula is C10H19O2PSi2. The van der Waals surface area contributed by atoms with Gasteiger partial charge in [-0.25, -0.2) is 0 Å². The van der Waals surface area contributed by atoms with Gasteiger partial charge in [0, 0.05) is 5.30 Å². The molecule has 15 heavy (non-hydrogen) atoms. The van der Waals surface area contributed by atoms with Crippen LogP contribution >= 0.6 is 8.38 Å². The lowest BCUT2D eigenvalue weighted by Crippen LogP contribution is -2.16. The molecule has 0 aliphatic rings. The van der Waals surface area contributed by atoms with Gasteiger partial charge in [-0.2, -0.15) is 0 Å². The van der Waals surface area contributed by atoms with Crippen molar-refractivity contribution in [1.29, 1.82) is 0 Å². The van der Waals surface area contributed by atoms with Gasteiger partial charge in [-0.1, -0.05) is 18.2 Å². The van der Waals surface area contributed by atoms with Gasteiger partial charge >= 0.3 is 0 Å². The van der Waals surface area contributed by atoms with Crippen molar-refractivity contribution in [1.82, 2.24) is 0 Å². The lowest BCUT2D eigenvalue weighted by atomic mass is 10.4. The zero-order valence-corrected chi connectivity index (χ0v) is 13.0. The first-order chi connectivity index (χ1) is 7.09. The van der Waals surface area contributed by atoms with Crippen LogP contribution in [0.2, 0.25) is 26.2 Å². The Balaban J connectivity index is 2.72. The largest absolute Gasteiger partial charge is 0.377 e. The number of hydrogen-bond donors (Lipinski definition) is 0. The van der Waals surface area contributed by atoms with Gasteiger partial charge in [0.05, 0.1) is 0 Å². The second kappa shape index (κ2) is 6.56. The molecular weight excluding hydrogens is 239 g/mol. The molecule has 0 spiro atoms. The molecule has 0 aliphatic carbocycles. The molecule has 5 heteroatoms. The summed E-state index contributed by atoms with van der Waals surface area (Å²) in [5.41, 5.74) is 0. The van der Waals surface area contributed by atoms with Crippen LogP contribution in [0.1, 0.15) is 0 Å². The minimum Gasteiger partial charge on any atom is -0.377 e. The van der Waals surface area contributed by atoms with Crippen LogP contribution in [0.3, 0.4) is 0 Å². The first-order valence-electron chi connectivity index (χ1n) is 5.28. The Labute approximate surface area is 97.0 Å². The maximum Gasteiger partial charge on any atom is 0.183 e. The van der Waals surface area contributed by atoms with Crippen LogP contribution < -0.4 is 5.30 Å². The van der Waals surface area contributed by atoms with E-state index in [9.17, 15) is 0 Å². The normalized spacial score (nSPS) is 11.7. The second-order valence-corrected chi connectivity index (χ2v) is 10.8. The zero-order valence-electron chi connectivity index (χ0n) is 9.81. The Morgan fingerprint density at radius 1 is 0.867 bits per heavy atom. The Kier molecular flexibility index (Phi) is 5.71. The first-order valence-corrected chi connectivity index (χ1v) is 12.0. The average molecular weight is 258 g/mol. The van der Waals surface area contributed by atoms with Crippen molar-refractivity contribution >= 4 is 31.8 Å². The van der Waals surface area contributed by atoms with Crippen molar-refractivity contribution in [2.75, 3.05) is 0 Å². The summed E-state index contributed by atoms with van der Waals surface area (Å²) >= 11 is 0. The highest BCUT2D eigenvalue weighted by atomic mass is 31.2. The molecule has 0 N–H and O–H groups in total. The molecule has 84 valence electrons. The highest BCUT2D eigenvalue weighted by Crippen LogP contribution is 2.38. The molecule has 0 aliphatic heterocycles. The first kappa shape index (κ1) is 13.1. The van der Waals surface area contributed by atoms with Gasteiger partial charge in [0.2, 0.25) is 0 Å². The van der Waals surface area contributed by atoms with Crippen molar-refractivity contribution in [3.8, 4) is 0 Å². The summed E-state index contributed by atoms with van der Waals surface area (Å²) < 4.78 is 11.9. The van der Waals surface area contributed by atoms with Crippen LogP contribution in [-0.2, 0) is 8.43 Å². The molecule has 0 atom stereocenters. The van der Waals surface area contributed by atoms with E-state index in [0.717, 1.165) is 0 Å². The molecule has 0 saturated carbocycles. The van der Waals surface area contributed by atoms with Crippen molar-refractivity contribution in [2.24, 2.45) is 0 Å². The fraction of sp³-hybridized carbons (Fsp3) is 0.400. The lowest BCUT2D eigenvalue weighted by molar-refractivity contribution is 0.524. The van der Waals surface area contributed by atoms with Crippen molar-refractivity contribution < 1.29 is 8.43 Å². The van der Waals surface area contributed by atoms with Gasteiger partial charge in [0.25, 0.3) is 0 Å². The van der Waals surface area contributed by atoms with E-state index >= 15 is 0 Å². The van der Waals surface area contributed by atoms with Crippen molar-refractivity contribution in [3.05, 3.63) is 30.3 Å². The number of benzene rings is 1. The third kappa shape index (κ3) is 5.04. The molecule has 0 aromatic heterocycles. The van der Waals surface area contributed by atoms with Crippen molar-refractivity contribution in [3.63, 3.8) is 0 Å². The Bertz CT molecular complexity index is 270. The quantitative estimate of drug-likeness (QED) is 0.597. The summed E-state index contributed by atoms with van der Waals surface area (Å²) in [6.45, 7) is 8.74. The molecule has 1 aromatic carbocycles. The minimum absolute atomic E-state index is 0.811. The summed E-state index contributed by atoms with van der Waals surface area (Å²) in [5, 5.41) is 1.20. The zero-order chi connectivity index (χ0) is 11.3. The standard InChI is InChI=1S/C10H19O2PSi2/c1-14(2)11-13(12-15(3)4)10-8-6-5-7-9-10/h5-9,14-15H,1-4H3. The van der Waals surface area contributed by atoms with Crippen LogP contribution in [0.4, 0.5) is 0 Å². The molecule has 0 radical (unpaired) electrons. The predicted molar refractivity (Wildman–Crippen MR) is 72.9 cm³/mol. The van der Waals surface area contributed by atoms with Crippen LogP contribution in [0.15, 0.2) is 30.3 Å². The average Bonchev–Trinajstić information content (AvgIpc) is 2.17. The van der Waals surface area contributed by atoms with E-state index in [1.54, 1.807) is 0 Å². The lowest BCUT2D eigenvalue weighted by Gasteiger charge is -2.22. The maximum atomic E-state index is 5.96. The van der Waals surface area contributed by atoms with Gasteiger partial charge in [-0.05, 0) is 38.3 Å². The fourth-order valence-electron chi connectivity index (χ4n) is 1.08. The van der Waals surface area contributed by atoms with E-state index in [0.29, 0.717) is 0 Å². The van der Waals surface area contributed by atoms with Crippen LogP contribution in [0.25, 0.3) is 0 Å². The van der Waals surface area contributed by atoms with Crippen LogP contribution in [-0.4, -0.2) is 18.1 Å². The Morgan fingerprint density at radius 2 is 1.33 bits per heavy atom. The molecule has 0 fully saturated rings. The SMILES string of the molecule is C[SiH](C)OP(O[SiH](C)C)c1ccccc1. The third-order valence-corrected chi connectivity index (χ3v) is 7.20. The molecule has 0 saturated heterocycles. The van der Waals surface area contributed by atoms with E-state index in [1.807, 2.05) is 18.2 Å². The molecule has 2 nitrogen and oxygen atoms in total. The van der Waals surface area contributed by atoms with Gasteiger partial charge in [-0.15, -0.1) is 0 Å². The maximum absolute atomic E-state index is 5.96. The summed E-state index contributed by atoms with van der Waals surface area (Å²) in [4.78, 5) is 0. The van der Waals surface area contributed by atoms with E-state index in [1.165, 1.54) is 5.30 Å². The van der Waals surface area contributed by atoms with Crippen molar-refractivity contribution in [2.45, 2.75) is 26.2 Å². The second-order valence-electron chi connectivity index (χ2n) is 3.90. The highest BCUT2D eigenvalue weighted by molar-refractivity contribution is 7.58. The summed E-state index contributed by atoms with van der Waals surface area (Å²) in [5.74, 6) is 0. The minimum atomic E-state index is -1.03. The smallest absolute Gasteiger partial charge is 0.183 e. The molecule has 0 amide bonds. The molecule has 0 unspecified atom stereocenters. The van der Waals surface area contributed by atoms with Gasteiger partial charge in [0.15, 0.2) is 26.5 Å². The topological polar surface area (TPSA) is 18.5 Å². The fourth-order valence-corrected chi connectivity index (χ4v) is 6.18. The Hall–Kier alpha value is 0.00377. The van der Waals surface area contributed by atoms with Crippen LogP contribution in [0, 0.1) is 0 Å². The van der Waals surface area contributed by atoms with Crippen LogP contribution in [0.5, 0.6) is 0 Å². The summed E-state index contributed by atoms with van der Waals surface area (Å²) in [7, 11) is -2.87. The predicted octanol–water partition coefficient (Wildman–Crippen LogP) is 2.62. The summed E-state index contributed by atoms with van der Waals surface area (Å²) in [6.07, 6.45) is 0. The molecule has 0 bridgehead atoms. The number of hydrogen-bond acceptors (Lipinski definition) is 2. The molecule has 0 heterocycles. The molecule has 1 rings (SSSR count). The van der Waals surface area contributed by atoms with E-state index in [2.05, 4.69) is 38.3 Å². The summed E-state index contributed by atoms with van der Waals surface area (Å²) in [6, 6.07) is 10.3. The third-order valence-electron chi connectivity index (χ3n) is 1.58. The van der Waals surface area contributed by atoms with E-state index in [4.69, 9.17) is 8.43 Å². The monoisotopic (exact) mass is 258 g/mol. The van der Waals surface area contributed by atoms with E-state index in [-0.39, 0.29) is 0 Å². The number of rotatable bonds is 5. The molecule has 1 aromatic rings. The van der Waals surface area contributed by atoms with E-state index < -0.39 is 26.5 Å². The Morgan fingerprint density at radius 3 is 1.73 bits per heavy atom. The van der Waals surface area contributed by atoms with Gasteiger partial charge < -0.3 is 8.43 Å². The van der Waals surface area contributed by atoms with Gasteiger partial charge in [0.1, 0.15) is 0 Å². The highest BCUT2D eigenvalue weighted by Gasteiger charge is 2.16. The van der Waals surface area contributed by atoms with Gasteiger partial charge in [-0.3, -0.25) is 0 Å².